The van der Waals surface area contributed by atoms with Crippen LogP contribution in [-0.2, 0) is 11.3 Å². The molecule has 2 aromatic carbocycles. The zero-order chi connectivity index (χ0) is 15.6. The summed E-state index contributed by atoms with van der Waals surface area (Å²) >= 11 is 7.42. The molecule has 2 nitrogen and oxygen atoms in total. The maximum atomic E-state index is 11.7. The molecule has 0 fully saturated rings. The summed E-state index contributed by atoms with van der Waals surface area (Å²) < 4.78 is 0. The van der Waals surface area contributed by atoms with Gasteiger partial charge in [-0.2, -0.15) is 0 Å². The molecule has 4 heteroatoms. The highest BCUT2D eigenvalue weighted by Crippen LogP contribution is 2.09. The Labute approximate surface area is 140 Å². The fourth-order valence-electron chi connectivity index (χ4n) is 1.82. The third kappa shape index (κ3) is 6.37. The van der Waals surface area contributed by atoms with E-state index in [1.54, 1.807) is 11.8 Å². The maximum absolute atomic E-state index is 11.7. The average Bonchev–Trinajstić information content (AvgIpc) is 2.55. The van der Waals surface area contributed by atoms with Gasteiger partial charge < -0.3 is 5.32 Å². The van der Waals surface area contributed by atoms with Crippen molar-refractivity contribution in [3.8, 4) is 0 Å². The lowest BCUT2D eigenvalue weighted by molar-refractivity contribution is -0.118. The van der Waals surface area contributed by atoms with E-state index in [0.29, 0.717) is 17.3 Å². The van der Waals surface area contributed by atoms with Crippen molar-refractivity contribution in [2.75, 3.05) is 11.5 Å². The predicted octanol–water partition coefficient (Wildman–Crippen LogP) is 4.40. The number of halogens is 1. The molecule has 0 aliphatic carbocycles. The van der Waals surface area contributed by atoms with Crippen LogP contribution in [0, 0.1) is 0 Å². The van der Waals surface area contributed by atoms with E-state index in [9.17, 15) is 4.79 Å². The van der Waals surface area contributed by atoms with Gasteiger partial charge in [-0.3, -0.25) is 4.79 Å². The molecule has 1 N–H and O–H groups in total. The monoisotopic (exact) mass is 331 g/mol. The quantitative estimate of drug-likeness (QED) is 0.762. The van der Waals surface area contributed by atoms with Gasteiger partial charge in [-0.1, -0.05) is 66.2 Å². The van der Waals surface area contributed by atoms with Crippen molar-refractivity contribution in [3.63, 3.8) is 0 Å². The van der Waals surface area contributed by atoms with Crippen LogP contribution >= 0.6 is 23.4 Å². The number of benzene rings is 2. The van der Waals surface area contributed by atoms with E-state index in [-0.39, 0.29) is 5.91 Å². The number of thioether (sulfide) groups is 1. The Bertz CT molecular complexity index is 611. The molecule has 0 saturated carbocycles. The third-order valence-electron chi connectivity index (χ3n) is 2.96. The van der Waals surface area contributed by atoms with E-state index in [2.05, 4.69) is 29.6 Å². The van der Waals surface area contributed by atoms with E-state index in [1.807, 2.05) is 42.5 Å². The van der Waals surface area contributed by atoms with Gasteiger partial charge in [0, 0.05) is 17.3 Å². The number of nitrogens with one attached hydrogen (secondary N) is 1. The summed E-state index contributed by atoms with van der Waals surface area (Å²) in [6.07, 6.45) is 4.14. The largest absolute Gasteiger partial charge is 0.351 e. The summed E-state index contributed by atoms with van der Waals surface area (Å²) in [6, 6.07) is 17.6. The summed E-state index contributed by atoms with van der Waals surface area (Å²) in [6.45, 7) is 0.538. The summed E-state index contributed by atoms with van der Waals surface area (Å²) in [4.78, 5) is 11.7. The maximum Gasteiger partial charge on any atom is 0.230 e. The Morgan fingerprint density at radius 1 is 1.09 bits per heavy atom. The molecule has 2 aromatic rings. The summed E-state index contributed by atoms with van der Waals surface area (Å²) in [5.74, 6) is 1.34. The molecule has 0 bridgehead atoms. The van der Waals surface area contributed by atoms with E-state index in [4.69, 9.17) is 11.6 Å². The smallest absolute Gasteiger partial charge is 0.230 e. The van der Waals surface area contributed by atoms with Crippen molar-refractivity contribution in [2.24, 2.45) is 0 Å². The van der Waals surface area contributed by atoms with Gasteiger partial charge in [-0.15, -0.1) is 11.8 Å². The molecule has 0 heterocycles. The normalized spacial score (nSPS) is 10.8. The Hall–Kier alpha value is -1.71. The second-order valence-electron chi connectivity index (χ2n) is 4.73. The van der Waals surface area contributed by atoms with Crippen molar-refractivity contribution in [1.29, 1.82) is 0 Å². The van der Waals surface area contributed by atoms with Crippen LogP contribution in [0.25, 0.3) is 6.08 Å². The minimum Gasteiger partial charge on any atom is -0.351 e. The van der Waals surface area contributed by atoms with Crippen molar-refractivity contribution in [1.82, 2.24) is 5.32 Å². The molecule has 114 valence electrons. The lowest BCUT2D eigenvalue weighted by Gasteiger charge is -2.04. The van der Waals surface area contributed by atoms with Gasteiger partial charge in [0.2, 0.25) is 5.91 Å². The molecule has 1 amide bonds. The number of hydrogen-bond acceptors (Lipinski definition) is 2. The first-order chi connectivity index (χ1) is 10.7. The van der Waals surface area contributed by atoms with E-state index < -0.39 is 0 Å². The SMILES string of the molecule is O=C(CSCC=Cc1ccccc1)NCc1ccc(Cl)cc1. The molecule has 0 saturated heterocycles. The van der Waals surface area contributed by atoms with Crippen molar-refractivity contribution in [3.05, 3.63) is 76.8 Å². The van der Waals surface area contributed by atoms with Crippen LogP contribution in [0.5, 0.6) is 0 Å². The van der Waals surface area contributed by atoms with Gasteiger partial charge >= 0.3 is 0 Å². The number of hydrogen-bond donors (Lipinski definition) is 1. The Morgan fingerprint density at radius 3 is 2.55 bits per heavy atom. The third-order valence-corrected chi connectivity index (χ3v) is 4.11. The van der Waals surface area contributed by atoms with Crippen LogP contribution < -0.4 is 5.32 Å². The molecule has 0 radical (unpaired) electrons. The Balaban J connectivity index is 1.61. The molecule has 0 spiro atoms. The van der Waals surface area contributed by atoms with Crippen LogP contribution in [0.3, 0.4) is 0 Å². The molecule has 0 aliphatic rings. The molecule has 0 aliphatic heterocycles. The van der Waals surface area contributed by atoms with E-state index in [0.717, 1.165) is 11.3 Å². The summed E-state index contributed by atoms with van der Waals surface area (Å²) in [7, 11) is 0. The lowest BCUT2D eigenvalue weighted by atomic mass is 10.2. The lowest BCUT2D eigenvalue weighted by Crippen LogP contribution is -2.24. The van der Waals surface area contributed by atoms with Crippen molar-refractivity contribution in [2.45, 2.75) is 6.54 Å². The zero-order valence-electron chi connectivity index (χ0n) is 12.2. The van der Waals surface area contributed by atoms with Crippen LogP contribution in [0.15, 0.2) is 60.7 Å². The van der Waals surface area contributed by atoms with Gasteiger partial charge in [0.05, 0.1) is 5.75 Å². The van der Waals surface area contributed by atoms with Gasteiger partial charge in [-0.25, -0.2) is 0 Å². The van der Waals surface area contributed by atoms with Crippen LogP contribution in [0.2, 0.25) is 5.02 Å². The fourth-order valence-corrected chi connectivity index (χ4v) is 2.59. The number of rotatable bonds is 7. The molecule has 0 atom stereocenters. The molecule has 0 unspecified atom stereocenters. The Kier molecular flexibility index (Phi) is 7.07. The molecule has 2 rings (SSSR count). The standard InChI is InChI=1S/C18H18ClNOS/c19-17-10-8-16(9-11-17)13-20-18(21)14-22-12-4-7-15-5-2-1-3-6-15/h1-11H,12-14H2,(H,20,21). The first-order valence-corrected chi connectivity index (χ1v) is 8.58. The first kappa shape index (κ1) is 16.7. The van der Waals surface area contributed by atoms with Crippen LogP contribution in [0.4, 0.5) is 0 Å². The number of amides is 1. The zero-order valence-corrected chi connectivity index (χ0v) is 13.7. The first-order valence-electron chi connectivity index (χ1n) is 7.04. The van der Waals surface area contributed by atoms with Gasteiger partial charge in [0.15, 0.2) is 0 Å². The van der Waals surface area contributed by atoms with Crippen molar-refractivity contribution >= 4 is 35.3 Å². The highest BCUT2D eigenvalue weighted by atomic mass is 35.5. The topological polar surface area (TPSA) is 29.1 Å². The van der Waals surface area contributed by atoms with Gasteiger partial charge in [-0.05, 0) is 23.3 Å². The summed E-state index contributed by atoms with van der Waals surface area (Å²) in [5.41, 5.74) is 2.22. The fraction of sp³-hybridized carbons (Fsp3) is 0.167. The molecular formula is C18H18ClNOS. The van der Waals surface area contributed by atoms with E-state index >= 15 is 0 Å². The van der Waals surface area contributed by atoms with Gasteiger partial charge in [0.1, 0.15) is 0 Å². The number of carbonyl (C=O) groups excluding carboxylic acids is 1. The minimum atomic E-state index is 0.0491. The van der Waals surface area contributed by atoms with Crippen molar-refractivity contribution < 1.29 is 4.79 Å². The van der Waals surface area contributed by atoms with Crippen LogP contribution in [0.1, 0.15) is 11.1 Å². The molecule has 22 heavy (non-hydrogen) atoms. The predicted molar refractivity (Wildman–Crippen MR) is 96.1 cm³/mol. The highest BCUT2D eigenvalue weighted by Gasteiger charge is 2.00. The van der Waals surface area contributed by atoms with E-state index in [1.165, 1.54) is 5.56 Å². The number of carbonyl (C=O) groups is 1. The highest BCUT2D eigenvalue weighted by molar-refractivity contribution is 8.00. The molecule has 0 aromatic heterocycles. The van der Waals surface area contributed by atoms with Gasteiger partial charge in [0.25, 0.3) is 0 Å². The average molecular weight is 332 g/mol. The minimum absolute atomic E-state index is 0.0491. The second-order valence-corrected chi connectivity index (χ2v) is 6.20. The second kappa shape index (κ2) is 9.34. The summed E-state index contributed by atoms with van der Waals surface area (Å²) in [5, 5.41) is 3.60. The van der Waals surface area contributed by atoms with Crippen LogP contribution in [-0.4, -0.2) is 17.4 Å². The Morgan fingerprint density at radius 2 is 1.82 bits per heavy atom. The molecular weight excluding hydrogens is 314 g/mol.